The molecular weight excluding hydrogens is 379 g/mol. The predicted octanol–water partition coefficient (Wildman–Crippen LogP) is 5.11. The monoisotopic (exact) mass is 406 g/mol. The van der Waals surface area contributed by atoms with E-state index in [2.05, 4.69) is 22.2 Å². The summed E-state index contributed by atoms with van der Waals surface area (Å²) in [4.78, 5) is 8.62. The van der Waals surface area contributed by atoms with E-state index in [9.17, 15) is 4.39 Å². The number of nitrogens with one attached hydrogen (secondary N) is 1. The molecule has 0 spiro atoms. The van der Waals surface area contributed by atoms with Gasteiger partial charge in [-0.25, -0.2) is 9.37 Å². The van der Waals surface area contributed by atoms with Gasteiger partial charge >= 0.3 is 0 Å². The van der Waals surface area contributed by atoms with E-state index in [0.717, 1.165) is 40.5 Å². The number of halogens is 1. The van der Waals surface area contributed by atoms with E-state index >= 15 is 0 Å². The quantitative estimate of drug-likeness (QED) is 0.438. The van der Waals surface area contributed by atoms with E-state index in [1.807, 2.05) is 48.0 Å². The van der Waals surface area contributed by atoms with Crippen LogP contribution in [-0.2, 0) is 0 Å². The number of benzene rings is 2. The topological polar surface area (TPSA) is 51.4 Å². The largest absolute Gasteiger partial charge is 0.495 e. The fourth-order valence-electron chi connectivity index (χ4n) is 3.22. The summed E-state index contributed by atoms with van der Waals surface area (Å²) in [5.41, 5.74) is 3.89. The first-order chi connectivity index (χ1) is 14.5. The third-order valence-electron chi connectivity index (χ3n) is 4.87. The van der Waals surface area contributed by atoms with Crippen LogP contribution in [0.1, 0.15) is 36.2 Å². The smallest absolute Gasteiger partial charge is 0.143 e. The average molecular weight is 407 g/mol. The zero-order valence-corrected chi connectivity index (χ0v) is 17.8. The van der Waals surface area contributed by atoms with E-state index in [-0.39, 0.29) is 11.9 Å². The zero-order chi connectivity index (χ0) is 21.5. The molecule has 0 aliphatic rings. The first kappa shape index (κ1) is 21.3. The number of hydrogen-bond acceptors (Lipinski definition) is 3. The Hall–Kier alpha value is -3.41. The van der Waals surface area contributed by atoms with Gasteiger partial charge in [-0.15, -0.1) is 0 Å². The van der Waals surface area contributed by atoms with Crippen LogP contribution in [0, 0.1) is 12.7 Å². The number of imidazole rings is 1. The van der Waals surface area contributed by atoms with Crippen LogP contribution in [0.25, 0.3) is 11.8 Å². The van der Waals surface area contributed by atoms with Crippen molar-refractivity contribution in [2.24, 2.45) is 4.99 Å². The van der Waals surface area contributed by atoms with Gasteiger partial charge in [0.15, 0.2) is 0 Å². The summed E-state index contributed by atoms with van der Waals surface area (Å²) in [6, 6.07) is 12.6. The number of hydrogen-bond donors (Lipinski definition) is 1. The van der Waals surface area contributed by atoms with Crippen molar-refractivity contribution in [3.63, 3.8) is 0 Å². The Morgan fingerprint density at radius 2 is 2.03 bits per heavy atom. The van der Waals surface area contributed by atoms with Crippen LogP contribution in [0.4, 0.5) is 4.39 Å². The lowest BCUT2D eigenvalue weighted by Crippen LogP contribution is -2.26. The molecule has 30 heavy (non-hydrogen) atoms. The highest BCUT2D eigenvalue weighted by Crippen LogP contribution is 2.25. The van der Waals surface area contributed by atoms with Gasteiger partial charge in [0.05, 0.1) is 30.9 Å². The van der Waals surface area contributed by atoms with Gasteiger partial charge in [-0.3, -0.25) is 4.99 Å². The van der Waals surface area contributed by atoms with Crippen LogP contribution < -0.4 is 10.1 Å². The lowest BCUT2D eigenvalue weighted by Gasteiger charge is -2.18. The maximum absolute atomic E-state index is 13.2. The Labute approximate surface area is 177 Å². The molecule has 0 aliphatic carbocycles. The fourth-order valence-corrected chi connectivity index (χ4v) is 3.22. The van der Waals surface area contributed by atoms with Crippen LogP contribution in [0.2, 0.25) is 0 Å². The third kappa shape index (κ3) is 5.14. The molecule has 6 heteroatoms. The highest BCUT2D eigenvalue weighted by molar-refractivity contribution is 5.96. The molecule has 1 aromatic heterocycles. The van der Waals surface area contributed by atoms with Crippen molar-refractivity contribution in [2.45, 2.75) is 26.3 Å². The molecule has 0 radical (unpaired) electrons. The van der Waals surface area contributed by atoms with Gasteiger partial charge < -0.3 is 14.6 Å². The first-order valence-corrected chi connectivity index (χ1v) is 9.90. The summed E-state index contributed by atoms with van der Waals surface area (Å²) in [6.45, 7) is 4.04. The van der Waals surface area contributed by atoms with Gasteiger partial charge in [-0.1, -0.05) is 31.2 Å². The van der Waals surface area contributed by atoms with Crippen molar-refractivity contribution in [3.8, 4) is 11.4 Å². The summed E-state index contributed by atoms with van der Waals surface area (Å²) in [5.74, 6) is 1.27. The lowest BCUT2D eigenvalue weighted by molar-refractivity contribution is 0.413. The molecule has 1 unspecified atom stereocenters. The molecule has 1 heterocycles. The average Bonchev–Trinajstić information content (AvgIpc) is 3.20. The number of rotatable bonds is 7. The van der Waals surface area contributed by atoms with Gasteiger partial charge in [0.2, 0.25) is 0 Å². The molecule has 0 bridgehead atoms. The number of methoxy groups -OCH3 is 1. The van der Waals surface area contributed by atoms with E-state index in [1.54, 1.807) is 32.6 Å². The standard InChI is InChI=1S/C24H27FN4O/c1-5-21(19-8-10-20(25)11-9-19)28-24(26-3)13-7-18-6-12-22(23(14-18)30-4)29-15-17(2)27-16-29/h6-16,21H,5H2,1-4H3,(H,26,28)/b13-7+. The lowest BCUT2D eigenvalue weighted by atomic mass is 10.0. The van der Waals surface area contributed by atoms with Gasteiger partial charge in [0, 0.05) is 13.2 Å². The fraction of sp³-hybridized carbons (Fsp3) is 0.250. The second-order valence-corrected chi connectivity index (χ2v) is 6.95. The number of ether oxygens (including phenoxy) is 1. The summed E-state index contributed by atoms with van der Waals surface area (Å²) in [6.07, 6.45) is 8.50. The zero-order valence-electron chi connectivity index (χ0n) is 17.8. The van der Waals surface area contributed by atoms with Crippen LogP contribution in [0.3, 0.4) is 0 Å². The molecule has 1 N–H and O–H groups in total. The van der Waals surface area contributed by atoms with Crippen molar-refractivity contribution >= 4 is 11.9 Å². The molecule has 156 valence electrons. The Balaban J connectivity index is 1.76. The van der Waals surface area contributed by atoms with E-state index in [0.29, 0.717) is 0 Å². The van der Waals surface area contributed by atoms with E-state index in [4.69, 9.17) is 4.74 Å². The van der Waals surface area contributed by atoms with E-state index < -0.39 is 0 Å². The Kier molecular flexibility index (Phi) is 7.01. The van der Waals surface area contributed by atoms with Crippen LogP contribution in [0.5, 0.6) is 5.75 Å². The van der Waals surface area contributed by atoms with Crippen LogP contribution in [0.15, 0.2) is 66.1 Å². The second-order valence-electron chi connectivity index (χ2n) is 6.95. The molecule has 3 rings (SSSR count). The summed E-state index contributed by atoms with van der Waals surface area (Å²) in [5, 5.41) is 3.43. The summed E-state index contributed by atoms with van der Waals surface area (Å²) < 4.78 is 20.7. The summed E-state index contributed by atoms with van der Waals surface area (Å²) in [7, 11) is 3.40. The normalized spacial score (nSPS) is 12.9. The van der Waals surface area contributed by atoms with Crippen molar-refractivity contribution < 1.29 is 9.13 Å². The first-order valence-electron chi connectivity index (χ1n) is 9.90. The van der Waals surface area contributed by atoms with Crippen molar-refractivity contribution in [3.05, 3.63) is 83.7 Å². The van der Waals surface area contributed by atoms with Gasteiger partial charge in [-0.05, 0) is 54.8 Å². The van der Waals surface area contributed by atoms with Crippen molar-refractivity contribution in [1.82, 2.24) is 14.9 Å². The molecule has 0 amide bonds. The molecular formula is C24H27FN4O. The number of aryl methyl sites for hydroxylation is 1. The SMILES string of the molecule is CCC(NC(/C=C/c1ccc(-n2cnc(C)c2)c(OC)c1)=NC)c1ccc(F)cc1. The van der Waals surface area contributed by atoms with Gasteiger partial charge in [0.1, 0.15) is 17.4 Å². The minimum Gasteiger partial charge on any atom is -0.495 e. The van der Waals surface area contributed by atoms with Gasteiger partial charge in [0.25, 0.3) is 0 Å². The molecule has 5 nitrogen and oxygen atoms in total. The van der Waals surface area contributed by atoms with Crippen LogP contribution >= 0.6 is 0 Å². The predicted molar refractivity (Wildman–Crippen MR) is 120 cm³/mol. The van der Waals surface area contributed by atoms with Crippen molar-refractivity contribution in [2.75, 3.05) is 14.2 Å². The third-order valence-corrected chi connectivity index (χ3v) is 4.87. The Morgan fingerprint density at radius 1 is 1.27 bits per heavy atom. The summed E-state index contributed by atoms with van der Waals surface area (Å²) >= 11 is 0. The number of aliphatic imine (C=N–C) groups is 1. The number of aromatic nitrogens is 2. The molecule has 0 aliphatic heterocycles. The number of amidine groups is 1. The highest BCUT2D eigenvalue weighted by atomic mass is 19.1. The van der Waals surface area contributed by atoms with Crippen molar-refractivity contribution in [1.29, 1.82) is 0 Å². The minimum atomic E-state index is -0.235. The number of nitrogens with zero attached hydrogens (tertiary/aromatic N) is 3. The molecule has 0 saturated heterocycles. The Bertz CT molecular complexity index is 1040. The highest BCUT2D eigenvalue weighted by Gasteiger charge is 2.10. The van der Waals surface area contributed by atoms with E-state index in [1.165, 1.54) is 12.1 Å². The minimum absolute atomic E-state index is 0.0512. The Morgan fingerprint density at radius 3 is 2.63 bits per heavy atom. The van der Waals surface area contributed by atoms with Crippen LogP contribution in [-0.4, -0.2) is 29.5 Å². The molecule has 1 atom stereocenters. The van der Waals surface area contributed by atoms with Gasteiger partial charge in [-0.2, -0.15) is 0 Å². The maximum atomic E-state index is 13.2. The second kappa shape index (κ2) is 9.87. The molecule has 0 fully saturated rings. The molecule has 3 aromatic rings. The molecule has 0 saturated carbocycles. The maximum Gasteiger partial charge on any atom is 0.143 e. The molecule has 2 aromatic carbocycles.